The third-order valence-corrected chi connectivity index (χ3v) is 5.48. The Morgan fingerprint density at radius 1 is 1.25 bits per heavy atom. The van der Waals surface area contributed by atoms with Crippen LogP contribution in [0.2, 0.25) is 0 Å². The number of thiophene rings is 1. The summed E-state index contributed by atoms with van der Waals surface area (Å²) in [5.74, 6) is -0.000295. The molecule has 104 valence electrons. The minimum absolute atomic E-state index is 0.000295. The Hall–Kier alpha value is -1.13. The van der Waals surface area contributed by atoms with Gasteiger partial charge in [0.1, 0.15) is 0 Å². The molecule has 2 aromatic rings. The Bertz CT molecular complexity index is 596. The van der Waals surface area contributed by atoms with Crippen molar-refractivity contribution in [3.63, 3.8) is 0 Å². The van der Waals surface area contributed by atoms with Crippen LogP contribution in [0.4, 0.5) is 0 Å². The molecule has 4 heteroatoms. The van der Waals surface area contributed by atoms with Crippen molar-refractivity contribution < 1.29 is 4.79 Å². The van der Waals surface area contributed by atoms with Gasteiger partial charge in [-0.1, -0.05) is 28.1 Å². The molecular weight excluding hydrogens is 334 g/mol. The summed E-state index contributed by atoms with van der Waals surface area (Å²) in [5, 5.41) is 3.82. The topological polar surface area (TPSA) is 29.1 Å². The summed E-state index contributed by atoms with van der Waals surface area (Å²) in [5.41, 5.74) is 3.39. The SMILES string of the molecule is O=C(NCc1cc2c(s1)CCC2)c1ccc(CBr)cc1. The predicted molar refractivity (Wildman–Crippen MR) is 86.6 cm³/mol. The maximum atomic E-state index is 12.1. The first-order valence-corrected chi connectivity index (χ1v) is 8.73. The lowest BCUT2D eigenvalue weighted by atomic mass is 10.1. The van der Waals surface area contributed by atoms with Crippen LogP contribution in [0.5, 0.6) is 0 Å². The van der Waals surface area contributed by atoms with Crippen LogP contribution in [0, 0.1) is 0 Å². The Morgan fingerprint density at radius 2 is 2.05 bits per heavy atom. The van der Waals surface area contributed by atoms with Crippen LogP contribution in [0.25, 0.3) is 0 Å². The number of nitrogens with one attached hydrogen (secondary N) is 1. The largest absolute Gasteiger partial charge is 0.347 e. The molecule has 0 radical (unpaired) electrons. The summed E-state index contributed by atoms with van der Waals surface area (Å²) < 4.78 is 0. The quantitative estimate of drug-likeness (QED) is 0.828. The van der Waals surface area contributed by atoms with Gasteiger partial charge in [-0.2, -0.15) is 0 Å². The van der Waals surface area contributed by atoms with Gasteiger partial charge in [0.25, 0.3) is 5.91 Å². The summed E-state index contributed by atoms with van der Waals surface area (Å²) in [7, 11) is 0. The van der Waals surface area contributed by atoms with Gasteiger partial charge in [0.15, 0.2) is 0 Å². The van der Waals surface area contributed by atoms with Gasteiger partial charge in [-0.25, -0.2) is 0 Å². The first kappa shape index (κ1) is 13.8. The zero-order valence-corrected chi connectivity index (χ0v) is 13.5. The summed E-state index contributed by atoms with van der Waals surface area (Å²) >= 11 is 5.25. The number of rotatable bonds is 4. The fourth-order valence-corrected chi connectivity index (χ4v) is 4.07. The second-order valence-electron chi connectivity index (χ2n) is 5.03. The Balaban J connectivity index is 1.60. The van der Waals surface area contributed by atoms with Crippen molar-refractivity contribution in [3.05, 3.63) is 56.8 Å². The lowest BCUT2D eigenvalue weighted by molar-refractivity contribution is 0.0951. The van der Waals surface area contributed by atoms with Crippen molar-refractivity contribution in [2.45, 2.75) is 31.1 Å². The molecule has 0 atom stereocenters. The molecule has 1 aliphatic rings. The van der Waals surface area contributed by atoms with Crippen molar-refractivity contribution >= 4 is 33.2 Å². The number of hydrogen-bond donors (Lipinski definition) is 1. The number of hydrogen-bond acceptors (Lipinski definition) is 2. The van der Waals surface area contributed by atoms with E-state index in [4.69, 9.17) is 0 Å². The molecular formula is C16H16BrNOS. The first-order valence-electron chi connectivity index (χ1n) is 6.80. The van der Waals surface area contributed by atoms with Crippen molar-refractivity contribution in [1.82, 2.24) is 5.32 Å². The fraction of sp³-hybridized carbons (Fsp3) is 0.312. The molecule has 1 aliphatic carbocycles. The van der Waals surface area contributed by atoms with Gasteiger partial charge in [0, 0.05) is 20.6 Å². The maximum Gasteiger partial charge on any atom is 0.251 e. The van der Waals surface area contributed by atoms with E-state index in [1.54, 1.807) is 0 Å². The minimum Gasteiger partial charge on any atom is -0.347 e. The lowest BCUT2D eigenvalue weighted by Gasteiger charge is -2.04. The highest BCUT2D eigenvalue weighted by Gasteiger charge is 2.15. The van der Waals surface area contributed by atoms with E-state index in [0.717, 1.165) is 10.9 Å². The fourth-order valence-electron chi connectivity index (χ4n) is 2.49. The second-order valence-corrected chi connectivity index (χ2v) is 6.81. The zero-order chi connectivity index (χ0) is 13.9. The van der Waals surface area contributed by atoms with E-state index in [1.165, 1.54) is 40.1 Å². The van der Waals surface area contributed by atoms with E-state index in [1.807, 2.05) is 35.6 Å². The van der Waals surface area contributed by atoms with Crippen LogP contribution in [0.1, 0.15) is 37.7 Å². The van der Waals surface area contributed by atoms with E-state index < -0.39 is 0 Å². The number of amides is 1. The summed E-state index contributed by atoms with van der Waals surface area (Å²) in [6.07, 6.45) is 3.70. The number of halogens is 1. The minimum atomic E-state index is -0.000295. The van der Waals surface area contributed by atoms with Gasteiger partial charge >= 0.3 is 0 Å². The standard InChI is InChI=1S/C16H16BrNOS/c17-9-11-4-6-12(7-5-11)16(19)18-10-14-8-13-2-1-3-15(13)20-14/h4-8H,1-3,9-10H2,(H,18,19). The summed E-state index contributed by atoms with van der Waals surface area (Å²) in [4.78, 5) is 14.8. The molecule has 1 aromatic heterocycles. The first-order chi connectivity index (χ1) is 9.76. The lowest BCUT2D eigenvalue weighted by Crippen LogP contribution is -2.22. The zero-order valence-electron chi connectivity index (χ0n) is 11.1. The van der Waals surface area contributed by atoms with Crippen LogP contribution in [-0.2, 0) is 24.7 Å². The molecule has 20 heavy (non-hydrogen) atoms. The van der Waals surface area contributed by atoms with E-state index in [9.17, 15) is 4.79 Å². The van der Waals surface area contributed by atoms with Gasteiger partial charge in [0.05, 0.1) is 6.54 Å². The van der Waals surface area contributed by atoms with Crippen LogP contribution >= 0.6 is 27.3 Å². The molecule has 3 rings (SSSR count). The van der Waals surface area contributed by atoms with E-state index in [2.05, 4.69) is 27.3 Å². The number of carbonyl (C=O) groups excluding carboxylic acids is 1. The molecule has 0 fully saturated rings. The molecule has 0 saturated carbocycles. The van der Waals surface area contributed by atoms with E-state index >= 15 is 0 Å². The van der Waals surface area contributed by atoms with Crippen LogP contribution in [-0.4, -0.2) is 5.91 Å². The summed E-state index contributed by atoms with van der Waals surface area (Å²) in [6.45, 7) is 0.636. The van der Waals surface area contributed by atoms with Gasteiger partial charge < -0.3 is 5.32 Å². The molecule has 1 aromatic carbocycles. The molecule has 0 saturated heterocycles. The maximum absolute atomic E-state index is 12.1. The third-order valence-electron chi connectivity index (χ3n) is 3.59. The number of benzene rings is 1. The molecule has 0 spiro atoms. The second kappa shape index (κ2) is 6.10. The number of alkyl halides is 1. The number of carbonyl (C=O) groups is 1. The van der Waals surface area contributed by atoms with E-state index in [0.29, 0.717) is 6.54 Å². The highest BCUT2D eigenvalue weighted by molar-refractivity contribution is 9.08. The average molecular weight is 350 g/mol. The van der Waals surface area contributed by atoms with Crippen molar-refractivity contribution in [3.8, 4) is 0 Å². The molecule has 0 bridgehead atoms. The Kier molecular flexibility index (Phi) is 4.22. The monoisotopic (exact) mass is 349 g/mol. The van der Waals surface area contributed by atoms with Crippen LogP contribution in [0.3, 0.4) is 0 Å². The van der Waals surface area contributed by atoms with Gasteiger partial charge in [-0.15, -0.1) is 11.3 Å². The number of fused-ring (bicyclic) bond motifs is 1. The van der Waals surface area contributed by atoms with Gasteiger partial charge in [-0.3, -0.25) is 4.79 Å². The van der Waals surface area contributed by atoms with Crippen LogP contribution < -0.4 is 5.32 Å². The third kappa shape index (κ3) is 2.96. The molecule has 1 heterocycles. The van der Waals surface area contributed by atoms with Gasteiger partial charge in [0.2, 0.25) is 0 Å². The predicted octanol–water partition coefficient (Wildman–Crippen LogP) is 4.06. The normalized spacial score (nSPS) is 13.2. The highest BCUT2D eigenvalue weighted by Crippen LogP contribution is 2.30. The van der Waals surface area contributed by atoms with Crippen molar-refractivity contribution in [2.24, 2.45) is 0 Å². The average Bonchev–Trinajstić information content (AvgIpc) is 3.06. The molecule has 2 nitrogen and oxygen atoms in total. The number of aryl methyl sites for hydroxylation is 2. The highest BCUT2D eigenvalue weighted by atomic mass is 79.9. The van der Waals surface area contributed by atoms with Crippen molar-refractivity contribution in [1.29, 1.82) is 0 Å². The molecule has 1 amide bonds. The van der Waals surface area contributed by atoms with E-state index in [-0.39, 0.29) is 5.91 Å². The molecule has 0 aliphatic heterocycles. The smallest absolute Gasteiger partial charge is 0.251 e. The van der Waals surface area contributed by atoms with Crippen LogP contribution in [0.15, 0.2) is 30.3 Å². The summed E-state index contributed by atoms with van der Waals surface area (Å²) in [6, 6.07) is 9.95. The Morgan fingerprint density at radius 3 is 2.75 bits per heavy atom. The van der Waals surface area contributed by atoms with Crippen molar-refractivity contribution in [2.75, 3.05) is 0 Å². The Labute approximate surface area is 131 Å². The van der Waals surface area contributed by atoms with Gasteiger partial charge in [-0.05, 0) is 48.6 Å². The molecule has 0 unspecified atom stereocenters. The molecule has 1 N–H and O–H groups in total.